The first-order chi connectivity index (χ1) is 13.2. The Kier molecular flexibility index (Phi) is 9.32. The molecule has 2 aromatic rings. The van der Waals surface area contributed by atoms with Crippen LogP contribution in [0.4, 0.5) is 0 Å². The molecule has 1 aliphatic rings. The van der Waals surface area contributed by atoms with Gasteiger partial charge >= 0.3 is 0 Å². The van der Waals surface area contributed by atoms with Crippen LogP contribution >= 0.6 is 12.4 Å². The van der Waals surface area contributed by atoms with Crippen LogP contribution in [0.5, 0.6) is 5.75 Å². The number of carbonyl (C=O) groups excluding carboxylic acids is 1. The van der Waals surface area contributed by atoms with Gasteiger partial charge in [0.25, 0.3) is 0 Å². The van der Waals surface area contributed by atoms with Crippen molar-refractivity contribution in [2.75, 3.05) is 26.2 Å². The Morgan fingerprint density at radius 1 is 1.11 bits per heavy atom. The summed E-state index contributed by atoms with van der Waals surface area (Å²) >= 11 is 0. The number of rotatable bonds is 8. The Morgan fingerprint density at radius 2 is 1.79 bits per heavy atom. The molecule has 152 valence electrons. The quantitative estimate of drug-likeness (QED) is 0.647. The summed E-state index contributed by atoms with van der Waals surface area (Å²) in [4.78, 5) is 12.2. The van der Waals surface area contributed by atoms with Gasteiger partial charge in [-0.05, 0) is 49.4 Å². The number of amides is 1. The number of nitrogens with one attached hydrogen (secondary N) is 2. The van der Waals surface area contributed by atoms with Crippen molar-refractivity contribution in [3.05, 3.63) is 54.6 Å². The van der Waals surface area contributed by atoms with Gasteiger partial charge in [-0.25, -0.2) is 0 Å². The fraction of sp³-hybridized carbons (Fsp3) is 0.435. The molecule has 3 rings (SSSR count). The predicted molar refractivity (Wildman–Crippen MR) is 117 cm³/mol. The molecule has 1 atom stereocenters. The number of halogens is 1. The molecule has 1 aliphatic heterocycles. The molecule has 0 radical (unpaired) electrons. The first-order valence-electron chi connectivity index (χ1n) is 9.98. The van der Waals surface area contributed by atoms with E-state index < -0.39 is 0 Å². The molecular weight excluding hydrogens is 372 g/mol. The maximum absolute atomic E-state index is 12.2. The zero-order valence-electron chi connectivity index (χ0n) is 16.5. The van der Waals surface area contributed by atoms with Gasteiger partial charge in [0.1, 0.15) is 12.4 Å². The van der Waals surface area contributed by atoms with Crippen molar-refractivity contribution in [2.24, 2.45) is 11.8 Å². The smallest absolute Gasteiger partial charge is 0.220 e. The Bertz CT molecular complexity index is 718. The third-order valence-corrected chi connectivity index (χ3v) is 5.35. The largest absolute Gasteiger partial charge is 0.491 e. The number of carbonyl (C=O) groups is 1. The highest BCUT2D eigenvalue weighted by Gasteiger charge is 2.21. The zero-order chi connectivity index (χ0) is 18.9. The van der Waals surface area contributed by atoms with E-state index >= 15 is 0 Å². The summed E-state index contributed by atoms with van der Waals surface area (Å²) < 4.78 is 5.94. The van der Waals surface area contributed by atoms with E-state index in [0.29, 0.717) is 31.4 Å². The maximum Gasteiger partial charge on any atom is 0.220 e. The molecule has 0 aliphatic carbocycles. The highest BCUT2D eigenvalue weighted by Crippen LogP contribution is 2.29. The van der Waals surface area contributed by atoms with E-state index in [1.54, 1.807) is 0 Å². The van der Waals surface area contributed by atoms with Crippen molar-refractivity contribution in [2.45, 2.75) is 26.2 Å². The molecule has 0 bridgehead atoms. The first kappa shape index (κ1) is 22.3. The van der Waals surface area contributed by atoms with Gasteiger partial charge in [-0.3, -0.25) is 4.79 Å². The van der Waals surface area contributed by atoms with Crippen LogP contribution in [0.1, 0.15) is 26.2 Å². The van der Waals surface area contributed by atoms with E-state index in [9.17, 15) is 4.79 Å². The average Bonchev–Trinajstić information content (AvgIpc) is 2.73. The normalized spacial score (nSPS) is 15.3. The monoisotopic (exact) mass is 402 g/mol. The molecule has 0 spiro atoms. The summed E-state index contributed by atoms with van der Waals surface area (Å²) in [5.74, 6) is 2.07. The molecule has 0 saturated carbocycles. The highest BCUT2D eigenvalue weighted by molar-refractivity contribution is 5.85. The van der Waals surface area contributed by atoms with Crippen LogP contribution in [0, 0.1) is 11.8 Å². The standard InChI is InChI=1S/C23H30N2O2.ClH/c1-18(19-11-13-24-14-12-19)17-23(26)25-15-16-27-22-10-6-5-9-21(22)20-7-3-2-4-8-20;/h2-10,18-19,24H,11-17H2,1H3,(H,25,26);1H. The maximum atomic E-state index is 12.2. The second-order valence-electron chi connectivity index (χ2n) is 7.33. The Balaban J connectivity index is 0.00000280. The third-order valence-electron chi connectivity index (χ3n) is 5.35. The van der Waals surface area contributed by atoms with E-state index in [2.05, 4.69) is 35.8 Å². The van der Waals surface area contributed by atoms with Crippen LogP contribution in [-0.2, 0) is 4.79 Å². The minimum Gasteiger partial charge on any atom is -0.491 e. The van der Waals surface area contributed by atoms with Gasteiger partial charge in [-0.2, -0.15) is 0 Å². The lowest BCUT2D eigenvalue weighted by atomic mass is 9.84. The lowest BCUT2D eigenvalue weighted by Gasteiger charge is -2.27. The van der Waals surface area contributed by atoms with Crippen molar-refractivity contribution in [3.63, 3.8) is 0 Å². The molecule has 0 aromatic heterocycles. The predicted octanol–water partition coefficient (Wildman–Crippen LogP) is 4.30. The molecule has 1 amide bonds. The van der Waals surface area contributed by atoms with Crippen molar-refractivity contribution in [1.29, 1.82) is 0 Å². The second kappa shape index (κ2) is 11.7. The molecule has 28 heavy (non-hydrogen) atoms. The fourth-order valence-electron chi connectivity index (χ4n) is 3.74. The average molecular weight is 403 g/mol. The van der Waals surface area contributed by atoms with E-state index in [-0.39, 0.29) is 18.3 Å². The minimum atomic E-state index is 0. The third kappa shape index (κ3) is 6.54. The number of piperidine rings is 1. The van der Waals surface area contributed by atoms with E-state index in [4.69, 9.17) is 4.74 Å². The summed E-state index contributed by atoms with van der Waals surface area (Å²) in [6, 6.07) is 18.2. The van der Waals surface area contributed by atoms with Gasteiger partial charge < -0.3 is 15.4 Å². The first-order valence-corrected chi connectivity index (χ1v) is 9.98. The molecule has 4 nitrogen and oxygen atoms in total. The summed E-state index contributed by atoms with van der Waals surface area (Å²) in [7, 11) is 0. The van der Waals surface area contributed by atoms with Gasteiger partial charge in [0, 0.05) is 12.0 Å². The van der Waals surface area contributed by atoms with Gasteiger partial charge in [-0.15, -0.1) is 12.4 Å². The molecule has 2 N–H and O–H groups in total. The Labute approximate surface area is 174 Å². The van der Waals surface area contributed by atoms with E-state index in [1.165, 1.54) is 12.8 Å². The fourth-order valence-corrected chi connectivity index (χ4v) is 3.74. The Morgan fingerprint density at radius 3 is 2.54 bits per heavy atom. The van der Waals surface area contributed by atoms with Crippen molar-refractivity contribution < 1.29 is 9.53 Å². The van der Waals surface area contributed by atoms with Gasteiger partial charge in [0.2, 0.25) is 5.91 Å². The number of para-hydroxylation sites is 1. The lowest BCUT2D eigenvalue weighted by Crippen LogP contribution is -2.34. The summed E-state index contributed by atoms with van der Waals surface area (Å²) in [6.45, 7) is 5.34. The Hall–Kier alpha value is -2.04. The topological polar surface area (TPSA) is 50.4 Å². The van der Waals surface area contributed by atoms with Crippen molar-refractivity contribution in [1.82, 2.24) is 10.6 Å². The molecular formula is C23H31ClN2O2. The van der Waals surface area contributed by atoms with Crippen molar-refractivity contribution >= 4 is 18.3 Å². The zero-order valence-corrected chi connectivity index (χ0v) is 17.3. The number of ether oxygens (including phenoxy) is 1. The molecule has 2 aromatic carbocycles. The van der Waals surface area contributed by atoms with Crippen LogP contribution in [0.2, 0.25) is 0 Å². The van der Waals surface area contributed by atoms with Crippen LogP contribution in [-0.4, -0.2) is 32.1 Å². The van der Waals surface area contributed by atoms with Crippen LogP contribution in [0.25, 0.3) is 11.1 Å². The lowest BCUT2D eigenvalue weighted by molar-refractivity contribution is -0.122. The molecule has 1 unspecified atom stereocenters. The molecule has 1 heterocycles. The van der Waals surface area contributed by atoms with Gasteiger partial charge in [-0.1, -0.05) is 55.5 Å². The molecule has 1 fully saturated rings. The highest BCUT2D eigenvalue weighted by atomic mass is 35.5. The van der Waals surface area contributed by atoms with Crippen LogP contribution in [0.15, 0.2) is 54.6 Å². The second-order valence-corrected chi connectivity index (χ2v) is 7.33. The molecule has 1 saturated heterocycles. The SMILES string of the molecule is CC(CC(=O)NCCOc1ccccc1-c1ccccc1)C1CCNCC1.Cl. The van der Waals surface area contributed by atoms with E-state index in [1.807, 2.05) is 36.4 Å². The van der Waals surface area contributed by atoms with E-state index in [0.717, 1.165) is 30.0 Å². The van der Waals surface area contributed by atoms with Crippen LogP contribution < -0.4 is 15.4 Å². The van der Waals surface area contributed by atoms with Crippen LogP contribution in [0.3, 0.4) is 0 Å². The summed E-state index contributed by atoms with van der Waals surface area (Å²) in [5, 5.41) is 6.38. The van der Waals surface area contributed by atoms with Gasteiger partial charge in [0.05, 0.1) is 6.54 Å². The summed E-state index contributed by atoms with van der Waals surface area (Å²) in [5.41, 5.74) is 2.21. The van der Waals surface area contributed by atoms with Gasteiger partial charge in [0.15, 0.2) is 0 Å². The number of benzene rings is 2. The molecule has 5 heteroatoms. The number of hydrogen-bond donors (Lipinski definition) is 2. The minimum absolute atomic E-state index is 0. The number of hydrogen-bond acceptors (Lipinski definition) is 3. The summed E-state index contributed by atoms with van der Waals surface area (Å²) in [6.07, 6.45) is 2.95. The van der Waals surface area contributed by atoms with Crippen molar-refractivity contribution in [3.8, 4) is 16.9 Å².